The highest BCUT2D eigenvalue weighted by Crippen LogP contribution is 2.37. The quantitative estimate of drug-likeness (QED) is 0.683. The summed E-state index contributed by atoms with van der Waals surface area (Å²) in [5.41, 5.74) is 0.265. The van der Waals surface area contributed by atoms with Crippen LogP contribution in [0, 0.1) is 16.0 Å². The summed E-state index contributed by atoms with van der Waals surface area (Å²) in [6.07, 6.45) is 0.902. The SMILES string of the molecule is O=C(O)C1CCN(c2cc(Cl)c(Cl)cc2[N+](=O)[O-])CC1. The second-order valence-electron chi connectivity index (χ2n) is 4.61. The van der Waals surface area contributed by atoms with Crippen LogP contribution in [0.25, 0.3) is 0 Å². The van der Waals surface area contributed by atoms with Gasteiger partial charge in [-0.15, -0.1) is 0 Å². The zero-order chi connectivity index (χ0) is 14.9. The molecule has 6 nitrogen and oxygen atoms in total. The van der Waals surface area contributed by atoms with Crippen molar-refractivity contribution in [2.45, 2.75) is 12.8 Å². The number of rotatable bonds is 3. The normalized spacial score (nSPS) is 16.2. The Labute approximate surface area is 125 Å². The zero-order valence-electron chi connectivity index (χ0n) is 10.4. The lowest BCUT2D eigenvalue weighted by Crippen LogP contribution is -2.36. The molecular formula is C12H12Cl2N2O4. The van der Waals surface area contributed by atoms with Gasteiger partial charge in [0.25, 0.3) is 5.69 Å². The number of hydrogen-bond donors (Lipinski definition) is 1. The largest absolute Gasteiger partial charge is 0.481 e. The third kappa shape index (κ3) is 2.96. The number of aliphatic carboxylic acids is 1. The molecule has 0 atom stereocenters. The standard InChI is InChI=1S/C12H12Cl2N2O4/c13-8-5-10(11(16(19)20)6-9(8)14)15-3-1-7(2-4-15)12(17)18/h5-7H,1-4H2,(H,17,18). The van der Waals surface area contributed by atoms with Gasteiger partial charge in [0.15, 0.2) is 0 Å². The molecule has 1 aliphatic heterocycles. The maximum Gasteiger partial charge on any atom is 0.306 e. The Morgan fingerprint density at radius 2 is 1.85 bits per heavy atom. The molecule has 8 heteroatoms. The Hall–Kier alpha value is -1.53. The molecular weight excluding hydrogens is 307 g/mol. The van der Waals surface area contributed by atoms with Crippen LogP contribution in [0.15, 0.2) is 12.1 Å². The summed E-state index contributed by atoms with van der Waals surface area (Å²) < 4.78 is 0. The van der Waals surface area contributed by atoms with Gasteiger partial charge in [0.05, 0.1) is 20.9 Å². The number of anilines is 1. The van der Waals surface area contributed by atoms with E-state index < -0.39 is 16.8 Å². The molecule has 0 aliphatic carbocycles. The van der Waals surface area contributed by atoms with Crippen LogP contribution in [-0.4, -0.2) is 29.1 Å². The first-order valence-electron chi connectivity index (χ1n) is 6.01. The molecule has 1 heterocycles. The van der Waals surface area contributed by atoms with Crippen LogP contribution >= 0.6 is 23.2 Å². The molecule has 1 N–H and O–H groups in total. The number of nitro benzene ring substituents is 1. The predicted octanol–water partition coefficient (Wildman–Crippen LogP) is 3.20. The summed E-state index contributed by atoms with van der Waals surface area (Å²) in [5, 5.41) is 20.4. The number of hydrogen-bond acceptors (Lipinski definition) is 4. The summed E-state index contributed by atoms with van der Waals surface area (Å²) in [6.45, 7) is 0.880. The monoisotopic (exact) mass is 318 g/mol. The third-order valence-electron chi connectivity index (χ3n) is 3.40. The number of carbonyl (C=O) groups is 1. The lowest BCUT2D eigenvalue weighted by atomic mass is 9.96. The van der Waals surface area contributed by atoms with E-state index in [0.717, 1.165) is 0 Å². The number of nitrogens with zero attached hydrogens (tertiary/aromatic N) is 2. The molecule has 0 bridgehead atoms. The Morgan fingerprint density at radius 3 is 2.35 bits per heavy atom. The van der Waals surface area contributed by atoms with Gasteiger partial charge >= 0.3 is 5.97 Å². The average Bonchev–Trinajstić information content (AvgIpc) is 2.41. The lowest BCUT2D eigenvalue weighted by Gasteiger charge is -2.31. The van der Waals surface area contributed by atoms with E-state index in [2.05, 4.69) is 0 Å². The van der Waals surface area contributed by atoms with Crippen LogP contribution in [0.2, 0.25) is 10.0 Å². The van der Waals surface area contributed by atoms with Crippen LogP contribution in [0.5, 0.6) is 0 Å². The highest BCUT2D eigenvalue weighted by molar-refractivity contribution is 6.42. The van der Waals surface area contributed by atoms with Gasteiger partial charge in [0, 0.05) is 19.2 Å². The number of piperidine rings is 1. The molecule has 0 spiro atoms. The van der Waals surface area contributed by atoms with Gasteiger partial charge in [-0.2, -0.15) is 0 Å². The topological polar surface area (TPSA) is 83.7 Å². The minimum atomic E-state index is -0.826. The maximum absolute atomic E-state index is 11.1. The predicted molar refractivity (Wildman–Crippen MR) is 75.7 cm³/mol. The zero-order valence-corrected chi connectivity index (χ0v) is 11.9. The Bertz CT molecular complexity index is 557. The van der Waals surface area contributed by atoms with Crippen LogP contribution in [0.4, 0.5) is 11.4 Å². The smallest absolute Gasteiger partial charge is 0.306 e. The van der Waals surface area contributed by atoms with E-state index in [9.17, 15) is 14.9 Å². The van der Waals surface area contributed by atoms with Crippen LogP contribution in [-0.2, 0) is 4.79 Å². The first kappa shape index (κ1) is 14.9. The number of halogens is 2. The van der Waals surface area contributed by atoms with Crippen molar-refractivity contribution in [2.75, 3.05) is 18.0 Å². The van der Waals surface area contributed by atoms with E-state index in [0.29, 0.717) is 31.6 Å². The first-order chi connectivity index (χ1) is 9.40. The summed E-state index contributed by atoms with van der Waals surface area (Å²) in [7, 11) is 0. The molecule has 0 radical (unpaired) electrons. The van der Waals surface area contributed by atoms with E-state index in [4.69, 9.17) is 28.3 Å². The summed E-state index contributed by atoms with van der Waals surface area (Å²) in [4.78, 5) is 23.3. The van der Waals surface area contributed by atoms with Crippen LogP contribution < -0.4 is 4.90 Å². The second-order valence-corrected chi connectivity index (χ2v) is 5.43. The molecule has 108 valence electrons. The molecule has 0 amide bonds. The maximum atomic E-state index is 11.1. The van der Waals surface area contributed by atoms with Crippen molar-refractivity contribution in [3.05, 3.63) is 32.3 Å². The van der Waals surface area contributed by atoms with Crippen molar-refractivity contribution in [2.24, 2.45) is 5.92 Å². The third-order valence-corrected chi connectivity index (χ3v) is 4.12. The molecule has 0 unspecified atom stereocenters. The molecule has 1 fully saturated rings. The fourth-order valence-electron chi connectivity index (χ4n) is 2.29. The van der Waals surface area contributed by atoms with Gasteiger partial charge in [-0.1, -0.05) is 23.2 Å². The van der Waals surface area contributed by atoms with Gasteiger partial charge < -0.3 is 10.0 Å². The van der Waals surface area contributed by atoms with E-state index in [1.165, 1.54) is 12.1 Å². The van der Waals surface area contributed by atoms with Crippen molar-refractivity contribution in [3.8, 4) is 0 Å². The minimum absolute atomic E-state index is 0.117. The number of nitro groups is 1. The minimum Gasteiger partial charge on any atom is -0.481 e. The second kappa shape index (κ2) is 5.85. The average molecular weight is 319 g/mol. The molecule has 20 heavy (non-hydrogen) atoms. The lowest BCUT2D eigenvalue weighted by molar-refractivity contribution is -0.384. The van der Waals surface area contributed by atoms with Gasteiger partial charge in [-0.3, -0.25) is 14.9 Å². The summed E-state index contributed by atoms with van der Waals surface area (Å²) in [6, 6.07) is 2.69. The van der Waals surface area contributed by atoms with Gasteiger partial charge in [0.2, 0.25) is 0 Å². The van der Waals surface area contributed by atoms with Crippen molar-refractivity contribution in [1.82, 2.24) is 0 Å². The fraction of sp³-hybridized carbons (Fsp3) is 0.417. The van der Waals surface area contributed by atoms with E-state index in [1.807, 2.05) is 0 Å². The van der Waals surface area contributed by atoms with E-state index in [-0.39, 0.29) is 15.7 Å². The summed E-state index contributed by atoms with van der Waals surface area (Å²) in [5.74, 6) is -1.22. The van der Waals surface area contributed by atoms with Gasteiger partial charge in [0.1, 0.15) is 5.69 Å². The highest BCUT2D eigenvalue weighted by Gasteiger charge is 2.28. The van der Waals surface area contributed by atoms with Gasteiger partial charge in [-0.25, -0.2) is 0 Å². The molecule has 2 rings (SSSR count). The van der Waals surface area contributed by atoms with Crippen LogP contribution in [0.1, 0.15) is 12.8 Å². The summed E-state index contributed by atoms with van der Waals surface area (Å²) >= 11 is 11.7. The Morgan fingerprint density at radius 1 is 1.30 bits per heavy atom. The number of carboxylic acid groups (broad SMARTS) is 1. The van der Waals surface area contributed by atoms with E-state index >= 15 is 0 Å². The molecule has 1 aromatic carbocycles. The van der Waals surface area contributed by atoms with Crippen molar-refractivity contribution < 1.29 is 14.8 Å². The molecule has 1 aliphatic rings. The fourth-order valence-corrected chi connectivity index (χ4v) is 2.61. The molecule has 0 saturated carbocycles. The highest BCUT2D eigenvalue weighted by atomic mass is 35.5. The molecule has 0 aromatic heterocycles. The number of benzene rings is 1. The molecule has 1 saturated heterocycles. The Balaban J connectivity index is 2.27. The van der Waals surface area contributed by atoms with Crippen molar-refractivity contribution in [1.29, 1.82) is 0 Å². The number of carboxylic acids is 1. The molecule has 1 aromatic rings. The van der Waals surface area contributed by atoms with Gasteiger partial charge in [-0.05, 0) is 18.9 Å². The van der Waals surface area contributed by atoms with Crippen LogP contribution in [0.3, 0.4) is 0 Å². The van der Waals surface area contributed by atoms with Crippen molar-refractivity contribution in [3.63, 3.8) is 0 Å². The van der Waals surface area contributed by atoms with E-state index in [1.54, 1.807) is 4.90 Å². The first-order valence-corrected chi connectivity index (χ1v) is 6.77. The van der Waals surface area contributed by atoms with Crippen molar-refractivity contribution >= 4 is 40.5 Å². The Kier molecular flexibility index (Phi) is 4.35.